The summed E-state index contributed by atoms with van der Waals surface area (Å²) in [5.74, 6) is 0. The van der Waals surface area contributed by atoms with Gasteiger partial charge in [0.2, 0.25) is 0 Å². The van der Waals surface area contributed by atoms with Gasteiger partial charge in [-0.05, 0) is 30.7 Å². The van der Waals surface area contributed by atoms with Crippen LogP contribution in [0.5, 0.6) is 0 Å². The van der Waals surface area contributed by atoms with Crippen LogP contribution in [0, 0.1) is 6.92 Å². The van der Waals surface area contributed by atoms with Gasteiger partial charge in [-0.15, -0.1) is 0 Å². The van der Waals surface area contributed by atoms with Crippen LogP contribution in [-0.4, -0.2) is 6.54 Å². The number of nitrogens with two attached hydrogens (primary N) is 1. The fourth-order valence-electron chi connectivity index (χ4n) is 1.15. The summed E-state index contributed by atoms with van der Waals surface area (Å²) < 4.78 is 0. The fraction of sp³-hybridized carbons (Fsp3) is 0.400. The Labute approximate surface area is 73.8 Å². The first kappa shape index (κ1) is 9.07. The minimum atomic E-state index is 0.880. The number of hydrogen-bond acceptors (Lipinski definition) is 2. The molecule has 0 bridgehead atoms. The Morgan fingerprint density at radius 1 is 1.42 bits per heavy atom. The number of nitrogens with one attached hydrogen (secondary N) is 1. The maximum absolute atomic E-state index is 5.76. The molecule has 0 atom stereocenters. The van der Waals surface area contributed by atoms with Crippen molar-refractivity contribution in [2.75, 3.05) is 12.3 Å². The minimum Gasteiger partial charge on any atom is -0.399 e. The first-order valence-corrected chi connectivity index (χ1v) is 4.30. The molecule has 2 heteroatoms. The van der Waals surface area contributed by atoms with Gasteiger partial charge in [0.05, 0.1) is 0 Å². The zero-order valence-corrected chi connectivity index (χ0v) is 7.72. The van der Waals surface area contributed by atoms with E-state index in [9.17, 15) is 0 Å². The third kappa shape index (κ3) is 1.98. The average molecular weight is 164 g/mol. The molecule has 0 fully saturated rings. The smallest absolute Gasteiger partial charge is 0.0346 e. The summed E-state index contributed by atoms with van der Waals surface area (Å²) in [7, 11) is 0. The fourth-order valence-corrected chi connectivity index (χ4v) is 1.15. The molecule has 0 saturated heterocycles. The molecule has 0 amide bonds. The molecule has 0 heterocycles. The van der Waals surface area contributed by atoms with E-state index in [1.807, 2.05) is 12.1 Å². The van der Waals surface area contributed by atoms with Crippen LogP contribution in [0.3, 0.4) is 0 Å². The first-order chi connectivity index (χ1) is 5.75. The van der Waals surface area contributed by atoms with E-state index in [4.69, 9.17) is 5.73 Å². The highest BCUT2D eigenvalue weighted by Crippen LogP contribution is 2.14. The van der Waals surface area contributed by atoms with Crippen LogP contribution in [0.2, 0.25) is 0 Å². The molecular formula is C10H16N2. The first-order valence-electron chi connectivity index (χ1n) is 4.30. The molecular weight excluding hydrogens is 148 g/mol. The van der Waals surface area contributed by atoms with E-state index in [0.717, 1.165) is 18.8 Å². The molecule has 0 radical (unpaired) electrons. The number of hydrogen-bond donors (Lipinski definition) is 2. The van der Waals surface area contributed by atoms with Crippen molar-refractivity contribution < 1.29 is 0 Å². The maximum Gasteiger partial charge on any atom is 0.0346 e. The van der Waals surface area contributed by atoms with E-state index in [-0.39, 0.29) is 0 Å². The van der Waals surface area contributed by atoms with E-state index in [1.165, 1.54) is 11.1 Å². The standard InChI is InChI=1S/C10H16N2/c1-3-12-7-9-5-4-6-10(11)8(9)2/h4-6,12H,3,7,11H2,1-2H3. The Balaban J connectivity index is 2.78. The molecule has 0 spiro atoms. The Morgan fingerprint density at radius 2 is 2.17 bits per heavy atom. The number of anilines is 1. The lowest BCUT2D eigenvalue weighted by atomic mass is 10.1. The second-order valence-electron chi connectivity index (χ2n) is 2.91. The van der Waals surface area contributed by atoms with E-state index < -0.39 is 0 Å². The second-order valence-corrected chi connectivity index (χ2v) is 2.91. The van der Waals surface area contributed by atoms with Crippen molar-refractivity contribution in [2.45, 2.75) is 20.4 Å². The van der Waals surface area contributed by atoms with Crippen molar-refractivity contribution in [2.24, 2.45) is 0 Å². The number of rotatable bonds is 3. The predicted octanol–water partition coefficient (Wildman–Crippen LogP) is 1.69. The third-order valence-electron chi connectivity index (χ3n) is 2.05. The molecule has 0 unspecified atom stereocenters. The highest BCUT2D eigenvalue weighted by molar-refractivity contribution is 5.49. The molecule has 0 aromatic heterocycles. The summed E-state index contributed by atoms with van der Waals surface area (Å²) in [6.07, 6.45) is 0. The SMILES string of the molecule is CCNCc1cccc(N)c1C. The van der Waals surface area contributed by atoms with Gasteiger partial charge in [0.25, 0.3) is 0 Å². The van der Waals surface area contributed by atoms with Gasteiger partial charge in [0.15, 0.2) is 0 Å². The Hall–Kier alpha value is -1.02. The molecule has 3 N–H and O–H groups in total. The normalized spacial score (nSPS) is 10.2. The van der Waals surface area contributed by atoms with Crippen molar-refractivity contribution in [3.63, 3.8) is 0 Å². The van der Waals surface area contributed by atoms with Crippen LogP contribution in [0.4, 0.5) is 5.69 Å². The van der Waals surface area contributed by atoms with E-state index in [2.05, 4.69) is 25.2 Å². The Kier molecular flexibility index (Phi) is 3.11. The Bertz CT molecular complexity index is 256. The van der Waals surface area contributed by atoms with Crippen LogP contribution >= 0.6 is 0 Å². The van der Waals surface area contributed by atoms with Gasteiger partial charge in [0, 0.05) is 12.2 Å². The summed E-state index contributed by atoms with van der Waals surface area (Å²) in [5.41, 5.74) is 9.13. The lowest BCUT2D eigenvalue weighted by Gasteiger charge is -2.07. The quantitative estimate of drug-likeness (QED) is 0.667. The molecule has 0 aliphatic rings. The van der Waals surface area contributed by atoms with Crippen molar-refractivity contribution in [1.82, 2.24) is 5.32 Å². The lowest BCUT2D eigenvalue weighted by molar-refractivity contribution is 0.724. The van der Waals surface area contributed by atoms with Gasteiger partial charge >= 0.3 is 0 Å². The van der Waals surface area contributed by atoms with Gasteiger partial charge in [-0.3, -0.25) is 0 Å². The highest BCUT2D eigenvalue weighted by Gasteiger charge is 1.98. The molecule has 2 nitrogen and oxygen atoms in total. The minimum absolute atomic E-state index is 0.880. The second kappa shape index (κ2) is 4.12. The number of benzene rings is 1. The number of nitrogen functional groups attached to an aromatic ring is 1. The summed E-state index contributed by atoms with van der Waals surface area (Å²) in [5, 5.41) is 3.28. The molecule has 1 rings (SSSR count). The van der Waals surface area contributed by atoms with Gasteiger partial charge < -0.3 is 11.1 Å². The third-order valence-corrected chi connectivity index (χ3v) is 2.05. The van der Waals surface area contributed by atoms with Crippen molar-refractivity contribution >= 4 is 5.69 Å². The van der Waals surface area contributed by atoms with Crippen LogP contribution in [-0.2, 0) is 6.54 Å². The van der Waals surface area contributed by atoms with E-state index in [0.29, 0.717) is 0 Å². The van der Waals surface area contributed by atoms with Crippen LogP contribution in [0.1, 0.15) is 18.1 Å². The van der Waals surface area contributed by atoms with Crippen LogP contribution in [0.25, 0.3) is 0 Å². The van der Waals surface area contributed by atoms with Gasteiger partial charge in [-0.1, -0.05) is 19.1 Å². The molecule has 12 heavy (non-hydrogen) atoms. The van der Waals surface area contributed by atoms with Gasteiger partial charge in [-0.25, -0.2) is 0 Å². The van der Waals surface area contributed by atoms with Crippen molar-refractivity contribution in [3.05, 3.63) is 29.3 Å². The summed E-state index contributed by atoms with van der Waals surface area (Å²) in [6.45, 7) is 6.06. The Morgan fingerprint density at radius 3 is 2.83 bits per heavy atom. The van der Waals surface area contributed by atoms with Crippen LogP contribution < -0.4 is 11.1 Å². The molecule has 66 valence electrons. The highest BCUT2D eigenvalue weighted by atomic mass is 14.8. The zero-order valence-electron chi connectivity index (χ0n) is 7.72. The molecule has 1 aromatic carbocycles. The molecule has 1 aromatic rings. The topological polar surface area (TPSA) is 38.0 Å². The van der Waals surface area contributed by atoms with Crippen molar-refractivity contribution in [1.29, 1.82) is 0 Å². The van der Waals surface area contributed by atoms with Gasteiger partial charge in [-0.2, -0.15) is 0 Å². The molecule has 0 aliphatic heterocycles. The summed E-state index contributed by atoms with van der Waals surface area (Å²) in [4.78, 5) is 0. The monoisotopic (exact) mass is 164 g/mol. The largest absolute Gasteiger partial charge is 0.399 e. The van der Waals surface area contributed by atoms with E-state index in [1.54, 1.807) is 0 Å². The summed E-state index contributed by atoms with van der Waals surface area (Å²) in [6, 6.07) is 6.04. The lowest BCUT2D eigenvalue weighted by Crippen LogP contribution is -2.13. The zero-order chi connectivity index (χ0) is 8.97. The summed E-state index contributed by atoms with van der Waals surface area (Å²) >= 11 is 0. The average Bonchev–Trinajstić information content (AvgIpc) is 2.08. The van der Waals surface area contributed by atoms with Crippen molar-refractivity contribution in [3.8, 4) is 0 Å². The van der Waals surface area contributed by atoms with Crippen LogP contribution in [0.15, 0.2) is 18.2 Å². The van der Waals surface area contributed by atoms with E-state index >= 15 is 0 Å². The van der Waals surface area contributed by atoms with Gasteiger partial charge in [0.1, 0.15) is 0 Å². The predicted molar refractivity (Wildman–Crippen MR) is 53.0 cm³/mol. The molecule has 0 saturated carbocycles. The maximum atomic E-state index is 5.76. The molecule has 0 aliphatic carbocycles.